The van der Waals surface area contributed by atoms with E-state index in [0.717, 1.165) is 11.1 Å². The van der Waals surface area contributed by atoms with Gasteiger partial charge in [-0.3, -0.25) is 14.5 Å². The van der Waals surface area contributed by atoms with Gasteiger partial charge in [-0.25, -0.2) is 0 Å². The lowest BCUT2D eigenvalue weighted by Crippen LogP contribution is -2.30. The average Bonchev–Trinajstić information content (AvgIpc) is 2.75. The van der Waals surface area contributed by atoms with Crippen molar-refractivity contribution in [2.24, 2.45) is 0 Å². The molecule has 0 saturated carbocycles. The van der Waals surface area contributed by atoms with E-state index >= 15 is 0 Å². The monoisotopic (exact) mass is 453 g/mol. The van der Waals surface area contributed by atoms with Crippen LogP contribution in [0.4, 0.5) is 20.2 Å². The summed E-state index contributed by atoms with van der Waals surface area (Å²) in [5.74, 6) is -0.531. The van der Waals surface area contributed by atoms with Crippen molar-refractivity contribution in [3.8, 4) is 5.75 Å². The lowest BCUT2D eigenvalue weighted by molar-refractivity contribution is -0.117. The number of likely N-dealkylation sites (N-methyl/N-ethyl adjacent to an activating group) is 1. The van der Waals surface area contributed by atoms with Gasteiger partial charge in [-0.15, -0.1) is 0 Å². The van der Waals surface area contributed by atoms with Crippen molar-refractivity contribution in [2.45, 2.75) is 20.1 Å². The molecule has 6 nitrogen and oxygen atoms in total. The molecule has 3 aromatic rings. The van der Waals surface area contributed by atoms with E-state index in [2.05, 4.69) is 15.4 Å². The predicted octanol–water partition coefficient (Wildman–Crippen LogP) is 4.92. The molecule has 0 bridgehead atoms. The largest absolute Gasteiger partial charge is 0.435 e. The Labute approximate surface area is 191 Å². The number of amides is 2. The minimum atomic E-state index is -2.87. The van der Waals surface area contributed by atoms with E-state index in [1.165, 1.54) is 12.1 Å². The van der Waals surface area contributed by atoms with Gasteiger partial charge in [0.25, 0.3) is 5.91 Å². The highest BCUT2D eigenvalue weighted by molar-refractivity contribution is 6.10. The minimum Gasteiger partial charge on any atom is -0.435 e. The van der Waals surface area contributed by atoms with Gasteiger partial charge in [-0.2, -0.15) is 8.78 Å². The molecule has 0 fully saturated rings. The number of carbonyl (C=O) groups is 2. The molecule has 0 aliphatic heterocycles. The van der Waals surface area contributed by atoms with E-state index in [0.29, 0.717) is 23.5 Å². The number of rotatable bonds is 9. The minimum absolute atomic E-state index is 0.0725. The van der Waals surface area contributed by atoms with E-state index in [-0.39, 0.29) is 24.1 Å². The van der Waals surface area contributed by atoms with E-state index < -0.39 is 6.61 Å². The molecular formula is C25H25F2N3O3. The van der Waals surface area contributed by atoms with Crippen LogP contribution in [0.2, 0.25) is 0 Å². The van der Waals surface area contributed by atoms with Gasteiger partial charge in [0.2, 0.25) is 5.91 Å². The number of para-hydroxylation sites is 1. The molecular weight excluding hydrogens is 428 g/mol. The third kappa shape index (κ3) is 7.40. The molecule has 0 aliphatic carbocycles. The molecule has 0 aromatic heterocycles. The smallest absolute Gasteiger partial charge is 0.387 e. The van der Waals surface area contributed by atoms with Gasteiger partial charge in [0.05, 0.1) is 17.8 Å². The number of nitrogens with zero attached hydrogens (tertiary/aromatic N) is 1. The van der Waals surface area contributed by atoms with Crippen molar-refractivity contribution in [1.82, 2.24) is 4.90 Å². The number of nitrogens with one attached hydrogen (secondary N) is 2. The van der Waals surface area contributed by atoms with Crippen LogP contribution in [-0.4, -0.2) is 36.9 Å². The molecule has 2 N–H and O–H groups in total. The van der Waals surface area contributed by atoms with Crippen molar-refractivity contribution in [2.75, 3.05) is 24.2 Å². The topological polar surface area (TPSA) is 70.7 Å². The zero-order valence-electron chi connectivity index (χ0n) is 18.3. The molecule has 33 heavy (non-hydrogen) atoms. The molecule has 0 saturated heterocycles. The van der Waals surface area contributed by atoms with Gasteiger partial charge in [-0.05, 0) is 61.5 Å². The van der Waals surface area contributed by atoms with Crippen LogP contribution >= 0.6 is 0 Å². The Morgan fingerprint density at radius 1 is 0.970 bits per heavy atom. The SMILES string of the molecule is Cc1cccc(NC(=O)c2ccccc2NC(=O)CN(C)Cc2ccc(OC(F)F)cc2)c1. The van der Waals surface area contributed by atoms with Crippen molar-refractivity contribution >= 4 is 23.2 Å². The highest BCUT2D eigenvalue weighted by Gasteiger charge is 2.15. The summed E-state index contributed by atoms with van der Waals surface area (Å²) in [4.78, 5) is 27.1. The standard InChI is InChI=1S/C25H25F2N3O3/c1-17-6-5-7-19(14-17)28-24(32)21-8-3-4-9-22(21)29-23(31)16-30(2)15-18-10-12-20(13-11-18)33-25(26)27/h3-14,25H,15-16H2,1-2H3,(H,28,32)(H,29,31). The summed E-state index contributed by atoms with van der Waals surface area (Å²) >= 11 is 0. The number of halogens is 2. The predicted molar refractivity (Wildman–Crippen MR) is 124 cm³/mol. The third-order valence-corrected chi connectivity index (χ3v) is 4.74. The summed E-state index contributed by atoms with van der Waals surface area (Å²) < 4.78 is 28.8. The van der Waals surface area contributed by atoms with Crippen LogP contribution in [0.25, 0.3) is 0 Å². The molecule has 0 radical (unpaired) electrons. The molecule has 0 unspecified atom stereocenters. The first-order valence-electron chi connectivity index (χ1n) is 10.3. The normalized spacial score (nSPS) is 10.8. The molecule has 0 heterocycles. The molecule has 3 aromatic carbocycles. The van der Waals surface area contributed by atoms with Crippen LogP contribution in [0.1, 0.15) is 21.5 Å². The van der Waals surface area contributed by atoms with Crippen LogP contribution in [0.3, 0.4) is 0 Å². The van der Waals surface area contributed by atoms with E-state index in [9.17, 15) is 18.4 Å². The summed E-state index contributed by atoms with van der Waals surface area (Å²) in [7, 11) is 1.76. The Hall–Kier alpha value is -3.78. The van der Waals surface area contributed by atoms with Gasteiger partial charge in [0, 0.05) is 12.2 Å². The van der Waals surface area contributed by atoms with Crippen molar-refractivity contribution in [3.05, 3.63) is 89.5 Å². The second-order valence-corrected chi connectivity index (χ2v) is 7.61. The Bertz CT molecular complexity index is 1100. The summed E-state index contributed by atoms with van der Waals surface area (Å²) in [5, 5.41) is 5.64. The lowest BCUT2D eigenvalue weighted by atomic mass is 10.1. The summed E-state index contributed by atoms with van der Waals surface area (Å²) in [6, 6.07) is 20.5. The number of anilines is 2. The molecule has 0 spiro atoms. The Kier molecular flexibility index (Phi) is 8.10. The molecule has 0 atom stereocenters. The van der Waals surface area contributed by atoms with Crippen LogP contribution in [0.5, 0.6) is 5.75 Å². The first-order valence-corrected chi connectivity index (χ1v) is 10.3. The quantitative estimate of drug-likeness (QED) is 0.483. The fourth-order valence-corrected chi connectivity index (χ4v) is 3.29. The van der Waals surface area contributed by atoms with Crippen LogP contribution in [0, 0.1) is 6.92 Å². The fourth-order valence-electron chi connectivity index (χ4n) is 3.29. The van der Waals surface area contributed by atoms with Crippen LogP contribution in [0.15, 0.2) is 72.8 Å². The van der Waals surface area contributed by atoms with E-state index in [4.69, 9.17) is 0 Å². The van der Waals surface area contributed by atoms with Crippen molar-refractivity contribution in [1.29, 1.82) is 0 Å². The Balaban J connectivity index is 1.58. The highest BCUT2D eigenvalue weighted by atomic mass is 19.3. The summed E-state index contributed by atoms with van der Waals surface area (Å²) in [6.07, 6.45) is 0. The zero-order valence-corrected chi connectivity index (χ0v) is 18.3. The van der Waals surface area contributed by atoms with E-state index in [1.807, 2.05) is 25.1 Å². The second kappa shape index (κ2) is 11.2. The van der Waals surface area contributed by atoms with Gasteiger partial charge < -0.3 is 15.4 Å². The van der Waals surface area contributed by atoms with Crippen LogP contribution in [-0.2, 0) is 11.3 Å². The lowest BCUT2D eigenvalue weighted by Gasteiger charge is -2.17. The maximum Gasteiger partial charge on any atom is 0.387 e. The first kappa shape index (κ1) is 23.9. The number of benzene rings is 3. The molecule has 3 rings (SSSR count). The fraction of sp³-hybridized carbons (Fsp3) is 0.200. The number of aryl methyl sites for hydroxylation is 1. The van der Waals surface area contributed by atoms with Crippen molar-refractivity contribution < 1.29 is 23.1 Å². The molecule has 0 aliphatic rings. The highest BCUT2D eigenvalue weighted by Crippen LogP contribution is 2.19. The summed E-state index contributed by atoms with van der Waals surface area (Å²) in [5.41, 5.74) is 3.29. The van der Waals surface area contributed by atoms with E-state index in [1.54, 1.807) is 54.4 Å². The van der Waals surface area contributed by atoms with Gasteiger partial charge in [0.15, 0.2) is 0 Å². The molecule has 172 valence electrons. The maximum absolute atomic E-state index is 12.8. The van der Waals surface area contributed by atoms with Crippen molar-refractivity contribution in [3.63, 3.8) is 0 Å². The second-order valence-electron chi connectivity index (χ2n) is 7.61. The number of ether oxygens (including phenoxy) is 1. The summed E-state index contributed by atoms with van der Waals surface area (Å²) in [6.45, 7) is -0.434. The van der Waals surface area contributed by atoms with Gasteiger partial charge in [0.1, 0.15) is 5.75 Å². The van der Waals surface area contributed by atoms with Gasteiger partial charge >= 0.3 is 6.61 Å². The molecule has 2 amide bonds. The Morgan fingerprint density at radius 2 is 1.70 bits per heavy atom. The zero-order chi connectivity index (χ0) is 23.8. The molecule has 8 heteroatoms. The number of alkyl halides is 2. The van der Waals surface area contributed by atoms with Gasteiger partial charge in [-0.1, -0.05) is 36.4 Å². The number of hydrogen-bond donors (Lipinski definition) is 2. The first-order chi connectivity index (χ1) is 15.8. The third-order valence-electron chi connectivity index (χ3n) is 4.74. The average molecular weight is 453 g/mol. The number of carbonyl (C=O) groups excluding carboxylic acids is 2. The number of hydrogen-bond acceptors (Lipinski definition) is 4. The Morgan fingerprint density at radius 3 is 2.39 bits per heavy atom. The maximum atomic E-state index is 12.8. The van der Waals surface area contributed by atoms with Crippen LogP contribution < -0.4 is 15.4 Å².